The van der Waals surface area contributed by atoms with E-state index in [2.05, 4.69) is 76.0 Å². The molecule has 0 radical (unpaired) electrons. The number of rotatable bonds is 6. The van der Waals surface area contributed by atoms with Crippen LogP contribution in [0.4, 0.5) is 5.69 Å². The first kappa shape index (κ1) is 40.2. The molecule has 52 heavy (non-hydrogen) atoms. The van der Waals surface area contributed by atoms with Gasteiger partial charge in [0.1, 0.15) is 5.82 Å². The Kier molecular flexibility index (Phi) is 14.6. The third-order valence-corrected chi connectivity index (χ3v) is 18.1. The summed E-state index contributed by atoms with van der Waals surface area (Å²) in [6.45, 7) is 14.9. The van der Waals surface area contributed by atoms with E-state index in [4.69, 9.17) is 19.4 Å². The molecule has 6 heteroatoms. The maximum atomic E-state index is 5.67. The summed E-state index contributed by atoms with van der Waals surface area (Å²) >= 11 is -1.61. The predicted molar refractivity (Wildman–Crippen MR) is 228 cm³/mol. The molecule has 7 rings (SSSR count). The third kappa shape index (κ3) is 9.65. The van der Waals surface area contributed by atoms with E-state index in [0.717, 1.165) is 29.1 Å². The molecular weight excluding hydrogens is 783 g/mol. The first-order valence-electron chi connectivity index (χ1n) is 20.2. The number of hydrogen-bond donors (Lipinski definition) is 1. The molecule has 0 spiro atoms. The average molecular weight is 847 g/mol. The van der Waals surface area contributed by atoms with Crippen molar-refractivity contribution in [2.24, 2.45) is 0 Å². The van der Waals surface area contributed by atoms with Crippen LogP contribution in [0.15, 0.2) is 66.0 Å². The summed E-state index contributed by atoms with van der Waals surface area (Å²) in [4.78, 5) is 2.83. The van der Waals surface area contributed by atoms with Crippen molar-refractivity contribution in [3.05, 3.63) is 110 Å². The Labute approximate surface area is 330 Å². The number of hydrogen-bond acceptors (Lipinski definition) is 2. The second-order valence-electron chi connectivity index (χ2n) is 16.2. The van der Waals surface area contributed by atoms with Gasteiger partial charge in [0.15, 0.2) is 0 Å². The average Bonchev–Trinajstić information content (AvgIpc) is 3.53. The molecule has 1 aliphatic heterocycles. The van der Waals surface area contributed by atoms with Gasteiger partial charge in [0.2, 0.25) is 0 Å². The summed E-state index contributed by atoms with van der Waals surface area (Å²) in [5.74, 6) is 1.51. The Balaban J connectivity index is 0.000000402. The second kappa shape index (κ2) is 18.9. The number of anilines is 1. The zero-order valence-corrected chi connectivity index (χ0v) is 36.8. The molecule has 2 unspecified atom stereocenters. The molecule has 3 aromatic carbocycles. The van der Waals surface area contributed by atoms with Crippen molar-refractivity contribution in [1.29, 1.82) is 0 Å². The minimum atomic E-state index is -1.61. The number of allylic oxidation sites excluding steroid dienone is 1. The summed E-state index contributed by atoms with van der Waals surface area (Å²) in [7, 11) is 11.3. The van der Waals surface area contributed by atoms with Crippen molar-refractivity contribution < 1.29 is 13.5 Å². The molecule has 1 heterocycles. The fourth-order valence-electron chi connectivity index (χ4n) is 10.3. The van der Waals surface area contributed by atoms with Gasteiger partial charge in [-0.3, -0.25) is 0 Å². The van der Waals surface area contributed by atoms with Crippen LogP contribution < -0.4 is 10.2 Å². The summed E-state index contributed by atoms with van der Waals surface area (Å²) < 4.78 is 1.92. The van der Waals surface area contributed by atoms with E-state index in [9.17, 15) is 0 Å². The standard InChI is InChI=1S/C39H57N2P.C7H6.2ClH.Ru/c1-26-21-28(3)37(29(4)22-26)35-25-40-39(41(35)38-30(5)23-27(2)24-31(38)6)34-19-13-14-20-36(34)42(32-15-9-7-10-16-32)33-17-11-8-12-18-33;1-7-5-3-2-4-6-7;;;/h21-24,32-33,35-36,40H,7-20,25H2,1-6H3;1-6H;2*1H;/q;;;;+2/p-2. The van der Waals surface area contributed by atoms with Gasteiger partial charge in [0.05, 0.1) is 6.04 Å². The molecular formula is C46H63Cl2N2PRu. The SMILES string of the molecule is Cc1cc(C)c(C2CNC(=C3CCCCC3P(C3CCCCC3)C3CCCCC3)N2c2c(C)cc(C)cc2C)c(C)c1.[Cl][Ru]([Cl])=[CH]c1ccccc1. The van der Waals surface area contributed by atoms with Gasteiger partial charge in [-0.1, -0.05) is 88.3 Å². The zero-order chi connectivity index (χ0) is 36.8. The van der Waals surface area contributed by atoms with E-state index in [1.165, 1.54) is 140 Å². The third-order valence-electron chi connectivity index (χ3n) is 12.2. The zero-order valence-electron chi connectivity index (χ0n) is 32.7. The molecule has 3 aliphatic carbocycles. The number of nitrogens with zero attached hydrogens (tertiary/aromatic N) is 1. The van der Waals surface area contributed by atoms with Gasteiger partial charge in [-0.2, -0.15) is 0 Å². The van der Waals surface area contributed by atoms with Crippen molar-refractivity contribution >= 4 is 37.6 Å². The molecule has 0 bridgehead atoms. The summed E-state index contributed by atoms with van der Waals surface area (Å²) in [5, 5.41) is 4.17. The monoisotopic (exact) mass is 846 g/mol. The fraction of sp³-hybridized carbons (Fsp3) is 0.543. The van der Waals surface area contributed by atoms with E-state index < -0.39 is 13.5 Å². The van der Waals surface area contributed by atoms with Gasteiger partial charge < -0.3 is 10.2 Å². The summed E-state index contributed by atoms with van der Waals surface area (Å²) in [6.07, 6.45) is 20.5. The first-order valence-corrected chi connectivity index (χ1v) is 27.2. The second-order valence-corrected chi connectivity index (χ2v) is 24.9. The molecule has 0 amide bonds. The maximum absolute atomic E-state index is 5.67. The van der Waals surface area contributed by atoms with Crippen LogP contribution in [0.3, 0.4) is 0 Å². The van der Waals surface area contributed by atoms with Crippen molar-refractivity contribution in [2.45, 2.75) is 154 Å². The van der Waals surface area contributed by atoms with E-state index in [1.807, 2.05) is 40.5 Å². The molecule has 1 saturated heterocycles. The molecule has 4 aliphatic rings. The molecule has 0 aromatic heterocycles. The molecule has 4 fully saturated rings. The number of halogens is 2. The topological polar surface area (TPSA) is 15.3 Å². The van der Waals surface area contributed by atoms with Crippen LogP contribution in [0.1, 0.15) is 140 Å². The van der Waals surface area contributed by atoms with E-state index in [1.54, 1.807) is 0 Å². The van der Waals surface area contributed by atoms with Crippen LogP contribution >= 0.6 is 27.3 Å². The fourth-order valence-corrected chi connectivity index (χ4v) is 16.8. The van der Waals surface area contributed by atoms with Gasteiger partial charge in [-0.15, -0.1) is 0 Å². The van der Waals surface area contributed by atoms with Gasteiger partial charge in [0.25, 0.3) is 0 Å². The molecule has 3 aromatic rings. The Morgan fingerprint density at radius 3 is 1.73 bits per heavy atom. The molecule has 1 N–H and O–H groups in total. The molecule has 284 valence electrons. The molecule has 3 saturated carbocycles. The van der Waals surface area contributed by atoms with Gasteiger partial charge >= 0.3 is 73.4 Å². The first-order chi connectivity index (χ1) is 25.1. The normalized spacial score (nSPS) is 23.2. The van der Waals surface area contributed by atoms with Crippen LogP contribution in [0, 0.1) is 41.5 Å². The predicted octanol–water partition coefficient (Wildman–Crippen LogP) is 13.8. The van der Waals surface area contributed by atoms with Crippen LogP contribution in [-0.2, 0) is 13.5 Å². The number of nitrogens with one attached hydrogen (secondary N) is 1. The van der Waals surface area contributed by atoms with E-state index in [-0.39, 0.29) is 7.92 Å². The van der Waals surface area contributed by atoms with Crippen LogP contribution in [0.5, 0.6) is 0 Å². The minimum absolute atomic E-state index is 0.0112. The molecule has 2 nitrogen and oxygen atoms in total. The number of benzene rings is 3. The van der Waals surface area contributed by atoms with Crippen molar-refractivity contribution in [1.82, 2.24) is 5.32 Å². The van der Waals surface area contributed by atoms with E-state index >= 15 is 0 Å². The summed E-state index contributed by atoms with van der Waals surface area (Å²) in [6, 6.07) is 19.9. The Morgan fingerprint density at radius 2 is 1.19 bits per heavy atom. The summed E-state index contributed by atoms with van der Waals surface area (Å²) in [5.41, 5.74) is 17.3. The van der Waals surface area contributed by atoms with Crippen molar-refractivity contribution in [2.75, 3.05) is 11.4 Å². The number of aryl methyl sites for hydroxylation is 6. The van der Waals surface area contributed by atoms with Crippen molar-refractivity contribution in [3.8, 4) is 0 Å². The molecule has 2 atom stereocenters. The van der Waals surface area contributed by atoms with Crippen LogP contribution in [0.25, 0.3) is 0 Å². The Bertz CT molecular complexity index is 1660. The van der Waals surface area contributed by atoms with Crippen LogP contribution in [0.2, 0.25) is 0 Å². The van der Waals surface area contributed by atoms with Crippen LogP contribution in [-0.4, -0.2) is 28.1 Å². The van der Waals surface area contributed by atoms with Gasteiger partial charge in [-0.25, -0.2) is 0 Å². The van der Waals surface area contributed by atoms with Gasteiger partial charge in [0, 0.05) is 17.9 Å². The Hall–Kier alpha value is -1.50. The Morgan fingerprint density at radius 1 is 0.673 bits per heavy atom. The van der Waals surface area contributed by atoms with Crippen molar-refractivity contribution in [3.63, 3.8) is 0 Å². The van der Waals surface area contributed by atoms with E-state index in [0.29, 0.717) is 6.04 Å². The van der Waals surface area contributed by atoms with Gasteiger partial charge in [-0.05, 0) is 131 Å². The quantitative estimate of drug-likeness (QED) is 0.196.